The van der Waals surface area contributed by atoms with Crippen LogP contribution in [0.3, 0.4) is 0 Å². The molecular formula is C10H15BrN2O. The molecule has 0 bridgehead atoms. The molecule has 0 atom stereocenters. The van der Waals surface area contributed by atoms with Crippen LogP contribution in [-0.4, -0.2) is 15.1 Å². The van der Waals surface area contributed by atoms with Gasteiger partial charge >= 0.3 is 0 Å². The molecule has 1 saturated carbocycles. The van der Waals surface area contributed by atoms with Gasteiger partial charge in [-0.25, -0.2) is 4.98 Å². The lowest BCUT2D eigenvalue weighted by Crippen LogP contribution is -2.06. The van der Waals surface area contributed by atoms with Gasteiger partial charge in [0.05, 0.1) is 12.3 Å². The minimum Gasteiger partial charge on any atom is -0.390 e. The van der Waals surface area contributed by atoms with Gasteiger partial charge in [-0.15, -0.1) is 0 Å². The fourth-order valence-electron chi connectivity index (χ4n) is 2.08. The number of imidazole rings is 1. The molecule has 0 unspecified atom stereocenters. The maximum Gasteiger partial charge on any atom is 0.129 e. The van der Waals surface area contributed by atoms with Crippen LogP contribution in [0.2, 0.25) is 0 Å². The zero-order valence-corrected chi connectivity index (χ0v) is 9.68. The number of hydrogen-bond donors (Lipinski definition) is 2. The highest BCUT2D eigenvalue weighted by Gasteiger charge is 2.19. The zero-order valence-electron chi connectivity index (χ0n) is 8.09. The van der Waals surface area contributed by atoms with Crippen molar-refractivity contribution in [2.45, 2.75) is 44.6 Å². The molecule has 1 aliphatic rings. The average molecular weight is 259 g/mol. The fourth-order valence-corrected chi connectivity index (χ4v) is 2.50. The molecule has 0 radical (unpaired) electrons. The Morgan fingerprint density at radius 1 is 1.36 bits per heavy atom. The molecule has 1 fully saturated rings. The van der Waals surface area contributed by atoms with Gasteiger partial charge in [-0.05, 0) is 28.8 Å². The number of aromatic amines is 1. The summed E-state index contributed by atoms with van der Waals surface area (Å²) in [6.45, 7) is 0.0281. The summed E-state index contributed by atoms with van der Waals surface area (Å²) in [6.07, 6.45) is 6.41. The lowest BCUT2D eigenvalue weighted by Gasteiger charge is -2.19. The third-order valence-corrected chi connectivity index (χ3v) is 3.55. The van der Waals surface area contributed by atoms with Gasteiger partial charge in [-0.3, -0.25) is 0 Å². The van der Waals surface area contributed by atoms with E-state index < -0.39 is 0 Å². The third-order valence-electron chi connectivity index (χ3n) is 2.90. The molecule has 4 heteroatoms. The van der Waals surface area contributed by atoms with E-state index >= 15 is 0 Å². The van der Waals surface area contributed by atoms with E-state index in [-0.39, 0.29) is 6.61 Å². The first kappa shape index (κ1) is 10.2. The first-order valence-electron chi connectivity index (χ1n) is 5.16. The molecule has 1 heterocycles. The normalized spacial score (nSPS) is 18.7. The minimum atomic E-state index is 0.0281. The van der Waals surface area contributed by atoms with Crippen LogP contribution in [-0.2, 0) is 6.61 Å². The molecule has 0 aromatic carbocycles. The quantitative estimate of drug-likeness (QED) is 0.857. The molecule has 1 aliphatic carbocycles. The van der Waals surface area contributed by atoms with Crippen molar-refractivity contribution in [3.63, 3.8) is 0 Å². The van der Waals surface area contributed by atoms with Gasteiger partial charge in [-0.1, -0.05) is 19.3 Å². The highest BCUT2D eigenvalue weighted by Crippen LogP contribution is 2.32. The van der Waals surface area contributed by atoms with Gasteiger partial charge in [0.15, 0.2) is 0 Å². The van der Waals surface area contributed by atoms with Gasteiger partial charge in [0.1, 0.15) is 10.4 Å². The predicted octanol–water partition coefficient (Wildman–Crippen LogP) is 2.71. The molecule has 0 saturated heterocycles. The lowest BCUT2D eigenvalue weighted by molar-refractivity contribution is 0.276. The predicted molar refractivity (Wildman–Crippen MR) is 58.0 cm³/mol. The summed E-state index contributed by atoms with van der Waals surface area (Å²) < 4.78 is 0.764. The molecular weight excluding hydrogens is 244 g/mol. The number of hydrogen-bond acceptors (Lipinski definition) is 2. The summed E-state index contributed by atoms with van der Waals surface area (Å²) in [7, 11) is 0. The standard InChI is InChI=1S/C10H15BrN2O/c11-9-8(6-14)12-10(13-9)7-4-2-1-3-5-7/h7,14H,1-6H2,(H,12,13). The minimum absolute atomic E-state index is 0.0281. The van der Waals surface area contributed by atoms with Crippen molar-refractivity contribution in [2.75, 3.05) is 0 Å². The van der Waals surface area contributed by atoms with Crippen LogP contribution < -0.4 is 0 Å². The van der Waals surface area contributed by atoms with Crippen molar-refractivity contribution >= 4 is 15.9 Å². The van der Waals surface area contributed by atoms with Gasteiger partial charge in [0, 0.05) is 5.92 Å². The molecule has 0 aliphatic heterocycles. The fraction of sp³-hybridized carbons (Fsp3) is 0.700. The zero-order chi connectivity index (χ0) is 9.97. The van der Waals surface area contributed by atoms with Crippen LogP contribution in [0.5, 0.6) is 0 Å². The molecule has 1 aromatic heterocycles. The largest absolute Gasteiger partial charge is 0.390 e. The maximum atomic E-state index is 9.03. The Hall–Kier alpha value is -0.350. The van der Waals surface area contributed by atoms with E-state index in [1.165, 1.54) is 32.1 Å². The summed E-state index contributed by atoms with van der Waals surface area (Å²) in [5.41, 5.74) is 0.797. The summed E-state index contributed by atoms with van der Waals surface area (Å²) in [5, 5.41) is 9.03. The van der Waals surface area contributed by atoms with Crippen LogP contribution in [0.25, 0.3) is 0 Å². The Balaban J connectivity index is 2.14. The summed E-state index contributed by atoms with van der Waals surface area (Å²) in [5.74, 6) is 1.61. The van der Waals surface area contributed by atoms with Crippen LogP contribution >= 0.6 is 15.9 Å². The van der Waals surface area contributed by atoms with Crippen molar-refractivity contribution in [1.29, 1.82) is 0 Å². The Morgan fingerprint density at radius 2 is 2.07 bits per heavy atom. The molecule has 2 N–H and O–H groups in total. The third kappa shape index (κ3) is 2.01. The molecule has 1 aromatic rings. The Kier molecular flexibility index (Phi) is 3.23. The van der Waals surface area contributed by atoms with Gasteiger partial charge < -0.3 is 10.1 Å². The number of nitrogens with zero attached hydrogens (tertiary/aromatic N) is 1. The summed E-state index contributed by atoms with van der Waals surface area (Å²) in [4.78, 5) is 7.60. The highest BCUT2D eigenvalue weighted by molar-refractivity contribution is 9.10. The number of aromatic nitrogens is 2. The van der Waals surface area contributed by atoms with Crippen molar-refractivity contribution in [1.82, 2.24) is 9.97 Å². The second kappa shape index (κ2) is 4.45. The van der Waals surface area contributed by atoms with E-state index in [0.717, 1.165) is 16.1 Å². The Morgan fingerprint density at radius 3 is 2.64 bits per heavy atom. The monoisotopic (exact) mass is 258 g/mol. The molecule has 0 spiro atoms. The topological polar surface area (TPSA) is 48.9 Å². The number of aliphatic hydroxyl groups excluding tert-OH is 1. The number of rotatable bonds is 2. The van der Waals surface area contributed by atoms with E-state index in [0.29, 0.717) is 5.92 Å². The van der Waals surface area contributed by atoms with Crippen molar-refractivity contribution < 1.29 is 5.11 Å². The molecule has 2 rings (SSSR count). The summed E-state index contributed by atoms with van der Waals surface area (Å²) >= 11 is 3.34. The van der Waals surface area contributed by atoms with Crippen LogP contribution in [0.1, 0.15) is 49.5 Å². The summed E-state index contributed by atoms with van der Waals surface area (Å²) in [6, 6.07) is 0. The number of H-pyrrole nitrogens is 1. The van der Waals surface area contributed by atoms with E-state index in [9.17, 15) is 0 Å². The molecule has 3 nitrogen and oxygen atoms in total. The Labute approximate surface area is 92.1 Å². The number of nitrogens with one attached hydrogen (secondary N) is 1. The van der Waals surface area contributed by atoms with Crippen molar-refractivity contribution in [3.05, 3.63) is 16.1 Å². The van der Waals surface area contributed by atoms with E-state index in [4.69, 9.17) is 5.11 Å². The smallest absolute Gasteiger partial charge is 0.129 e. The molecule has 14 heavy (non-hydrogen) atoms. The van der Waals surface area contributed by atoms with Gasteiger partial charge in [0.25, 0.3) is 0 Å². The van der Waals surface area contributed by atoms with Crippen LogP contribution in [0.4, 0.5) is 0 Å². The van der Waals surface area contributed by atoms with Gasteiger partial charge in [-0.2, -0.15) is 0 Å². The van der Waals surface area contributed by atoms with E-state index in [1.807, 2.05) is 0 Å². The van der Waals surface area contributed by atoms with Crippen LogP contribution in [0, 0.1) is 0 Å². The van der Waals surface area contributed by atoms with Crippen molar-refractivity contribution in [3.8, 4) is 0 Å². The SMILES string of the molecule is OCc1[nH]c(C2CCCCC2)nc1Br. The average Bonchev–Trinajstić information content (AvgIpc) is 2.61. The lowest BCUT2D eigenvalue weighted by atomic mass is 9.89. The van der Waals surface area contributed by atoms with Crippen molar-refractivity contribution in [2.24, 2.45) is 0 Å². The second-order valence-electron chi connectivity index (χ2n) is 3.88. The first-order chi connectivity index (χ1) is 6.81. The van der Waals surface area contributed by atoms with E-state index in [1.54, 1.807) is 0 Å². The molecule has 78 valence electrons. The number of halogens is 1. The van der Waals surface area contributed by atoms with Crippen LogP contribution in [0.15, 0.2) is 4.60 Å². The number of aliphatic hydroxyl groups is 1. The Bertz CT molecular complexity index is 305. The van der Waals surface area contributed by atoms with Gasteiger partial charge in [0.2, 0.25) is 0 Å². The maximum absolute atomic E-state index is 9.03. The van der Waals surface area contributed by atoms with E-state index in [2.05, 4.69) is 25.9 Å². The highest BCUT2D eigenvalue weighted by atomic mass is 79.9. The molecule has 0 amide bonds. The second-order valence-corrected chi connectivity index (χ2v) is 4.64. The first-order valence-corrected chi connectivity index (χ1v) is 5.95.